The minimum atomic E-state index is -1.94. The summed E-state index contributed by atoms with van der Waals surface area (Å²) in [6.45, 7) is 5.61. The smallest absolute Gasteiger partial charge is 0.335 e. The van der Waals surface area contributed by atoms with E-state index < -0.39 is 67.3 Å². The van der Waals surface area contributed by atoms with E-state index >= 15 is 0 Å². The van der Waals surface area contributed by atoms with Gasteiger partial charge in [-0.3, -0.25) is 14.4 Å². The SMILES string of the molecule is CC/C=C\C/C=C\C/C=C\C/C=C\C/C=C\CCCCCC(=O)OCC(COC1OC(C(=O)O)C(O)C(O)C1OC(=O)CCC/C=C\C/C=C\C/C=C\C/C=C\C/C=C\CC)OC(=O)CCCCCCC/C=C\C/C=C\CCC. The van der Waals surface area contributed by atoms with Gasteiger partial charge in [-0.15, -0.1) is 0 Å². The monoisotopic (exact) mass is 1100 g/mol. The van der Waals surface area contributed by atoms with E-state index in [1.807, 2.05) is 12.2 Å². The highest BCUT2D eigenvalue weighted by atomic mass is 16.7. The molecule has 1 saturated heterocycles. The first-order valence-corrected chi connectivity index (χ1v) is 29.8. The lowest BCUT2D eigenvalue weighted by Crippen LogP contribution is -2.61. The Hall–Kier alpha value is -5.40. The average molecular weight is 1100 g/mol. The summed E-state index contributed by atoms with van der Waals surface area (Å²) in [4.78, 5) is 51.1. The Labute approximate surface area is 476 Å². The van der Waals surface area contributed by atoms with Gasteiger partial charge in [0.15, 0.2) is 24.6 Å². The molecule has 0 aromatic rings. The van der Waals surface area contributed by atoms with Gasteiger partial charge in [0.1, 0.15) is 18.8 Å². The summed E-state index contributed by atoms with van der Waals surface area (Å²) in [7, 11) is 0. The second-order valence-corrected chi connectivity index (χ2v) is 19.5. The zero-order valence-electron chi connectivity index (χ0n) is 48.5. The van der Waals surface area contributed by atoms with Crippen LogP contribution < -0.4 is 0 Å². The lowest BCUT2D eigenvalue weighted by atomic mass is 9.98. The van der Waals surface area contributed by atoms with Gasteiger partial charge >= 0.3 is 23.9 Å². The van der Waals surface area contributed by atoms with Crippen LogP contribution in [-0.4, -0.2) is 89.2 Å². The van der Waals surface area contributed by atoms with Crippen LogP contribution in [0.5, 0.6) is 0 Å². The van der Waals surface area contributed by atoms with Crippen LogP contribution in [0.15, 0.2) is 146 Å². The first kappa shape index (κ1) is 71.6. The number of carboxylic acid groups (broad SMARTS) is 1. The van der Waals surface area contributed by atoms with Crippen LogP contribution in [0.1, 0.15) is 201 Å². The molecular formula is C67H102O12. The quantitative estimate of drug-likeness (QED) is 0.0228. The van der Waals surface area contributed by atoms with Crippen molar-refractivity contribution in [2.75, 3.05) is 13.2 Å². The minimum Gasteiger partial charge on any atom is -0.479 e. The number of hydrogen-bond donors (Lipinski definition) is 3. The minimum absolute atomic E-state index is 0.0314. The van der Waals surface area contributed by atoms with Crippen molar-refractivity contribution >= 4 is 23.9 Å². The molecule has 1 aliphatic rings. The number of carbonyl (C=O) groups excluding carboxylic acids is 3. The highest BCUT2D eigenvalue weighted by molar-refractivity contribution is 5.74. The highest BCUT2D eigenvalue weighted by Gasteiger charge is 2.50. The lowest BCUT2D eigenvalue weighted by molar-refractivity contribution is -0.301. The second-order valence-electron chi connectivity index (χ2n) is 19.5. The number of aliphatic hydroxyl groups excluding tert-OH is 2. The predicted molar refractivity (Wildman–Crippen MR) is 321 cm³/mol. The van der Waals surface area contributed by atoms with E-state index in [1.165, 1.54) is 0 Å². The number of unbranched alkanes of at least 4 members (excludes halogenated alkanes) is 10. The summed E-state index contributed by atoms with van der Waals surface area (Å²) in [5.74, 6) is -3.29. The van der Waals surface area contributed by atoms with Gasteiger partial charge in [0.25, 0.3) is 0 Å². The average Bonchev–Trinajstić information content (AvgIpc) is 3.47. The number of carbonyl (C=O) groups is 4. The highest BCUT2D eigenvalue weighted by Crippen LogP contribution is 2.26. The summed E-state index contributed by atoms with van der Waals surface area (Å²) in [5, 5.41) is 31.5. The Morgan fingerprint density at radius 2 is 0.810 bits per heavy atom. The van der Waals surface area contributed by atoms with Gasteiger partial charge in [0.2, 0.25) is 0 Å². The van der Waals surface area contributed by atoms with E-state index in [9.17, 15) is 34.5 Å². The van der Waals surface area contributed by atoms with E-state index in [4.69, 9.17) is 23.7 Å². The molecular weight excluding hydrogens is 997 g/mol. The van der Waals surface area contributed by atoms with Crippen molar-refractivity contribution in [2.24, 2.45) is 0 Å². The topological polar surface area (TPSA) is 175 Å². The molecule has 1 fully saturated rings. The number of ether oxygens (including phenoxy) is 5. The van der Waals surface area contributed by atoms with Crippen LogP contribution in [0.25, 0.3) is 0 Å². The number of aliphatic carboxylic acids is 1. The van der Waals surface area contributed by atoms with Gasteiger partial charge in [-0.1, -0.05) is 199 Å². The van der Waals surface area contributed by atoms with Crippen LogP contribution in [0.3, 0.4) is 0 Å². The Morgan fingerprint density at radius 1 is 0.430 bits per heavy atom. The van der Waals surface area contributed by atoms with Crippen LogP contribution in [0.2, 0.25) is 0 Å². The molecule has 0 amide bonds. The van der Waals surface area contributed by atoms with Gasteiger partial charge < -0.3 is 39.0 Å². The molecule has 0 spiro atoms. The molecule has 0 saturated carbocycles. The van der Waals surface area contributed by atoms with Crippen LogP contribution in [-0.2, 0) is 42.9 Å². The van der Waals surface area contributed by atoms with Gasteiger partial charge in [0.05, 0.1) is 6.61 Å². The Balaban J connectivity index is 2.76. The zero-order chi connectivity index (χ0) is 57.5. The van der Waals surface area contributed by atoms with Crippen molar-refractivity contribution in [1.29, 1.82) is 0 Å². The molecule has 1 rings (SSSR count). The molecule has 0 aromatic heterocycles. The summed E-state index contributed by atoms with van der Waals surface area (Å²) >= 11 is 0. The lowest BCUT2D eigenvalue weighted by Gasteiger charge is -2.40. The molecule has 1 heterocycles. The molecule has 3 N–H and O–H groups in total. The molecule has 12 nitrogen and oxygen atoms in total. The fraction of sp³-hybridized carbons (Fsp3) is 0.582. The van der Waals surface area contributed by atoms with Gasteiger partial charge in [-0.05, 0) is 128 Å². The van der Waals surface area contributed by atoms with E-state index in [2.05, 4.69) is 154 Å². The maximum atomic E-state index is 13.1. The fourth-order valence-corrected chi connectivity index (χ4v) is 7.88. The molecule has 6 unspecified atom stereocenters. The number of aliphatic hydroxyl groups is 2. The van der Waals surface area contributed by atoms with Gasteiger partial charge in [-0.25, -0.2) is 4.79 Å². The van der Waals surface area contributed by atoms with Crippen molar-refractivity contribution in [3.63, 3.8) is 0 Å². The predicted octanol–water partition coefficient (Wildman–Crippen LogP) is 15.6. The summed E-state index contributed by atoms with van der Waals surface area (Å²) in [6.07, 6.45) is 63.9. The maximum absolute atomic E-state index is 13.1. The standard InChI is InChI=1S/C67H102O12/c1-4-7-10-13-16-19-22-25-27-29-30-32-33-36-38-41-44-47-50-53-59(68)75-56-58(77-60(69)54-51-48-45-42-39-35-24-21-18-15-12-9-6-3)57-76-67-65(63(72)62(71)64(79-67)66(73)74)78-61(70)55-52-49-46-43-40-37-34-31-28-26-23-20-17-14-11-8-5-2/h7-8,10-12,15-17,19-21,24-28,30,32,34,36-38,43,46,58,62-65,67,71-72H,4-6,9,13-14,18,22-23,29,31,33,35,39-42,44-45,47-57H2,1-3H3,(H,73,74)/b10-7-,11-8-,15-12-,19-16-,20-17-,24-21-,27-25-,28-26-,32-30-,37-34-,38-36-,46-43-. The normalized spacial score (nSPS) is 18.9. The molecule has 1 aliphatic heterocycles. The van der Waals surface area contributed by atoms with Crippen molar-refractivity contribution in [3.8, 4) is 0 Å². The number of allylic oxidation sites excluding steroid dienone is 24. The van der Waals surface area contributed by atoms with Crippen molar-refractivity contribution in [1.82, 2.24) is 0 Å². The molecule has 6 atom stereocenters. The first-order valence-electron chi connectivity index (χ1n) is 29.8. The summed E-state index contributed by atoms with van der Waals surface area (Å²) in [6, 6.07) is 0. The van der Waals surface area contributed by atoms with Gasteiger partial charge in [0, 0.05) is 19.3 Å². The summed E-state index contributed by atoms with van der Waals surface area (Å²) in [5.41, 5.74) is 0. The molecule has 442 valence electrons. The van der Waals surface area contributed by atoms with Crippen molar-refractivity contribution in [2.45, 2.75) is 237 Å². The third-order valence-corrected chi connectivity index (χ3v) is 12.4. The third-order valence-electron chi connectivity index (χ3n) is 12.4. The Bertz CT molecular complexity index is 1930. The van der Waals surface area contributed by atoms with Crippen molar-refractivity contribution < 1.29 is 58.2 Å². The largest absolute Gasteiger partial charge is 0.479 e. The number of esters is 3. The van der Waals surface area contributed by atoms with E-state index in [-0.39, 0.29) is 25.9 Å². The molecule has 0 aliphatic carbocycles. The van der Waals surface area contributed by atoms with E-state index in [0.29, 0.717) is 25.7 Å². The fourth-order valence-electron chi connectivity index (χ4n) is 7.88. The van der Waals surface area contributed by atoms with Gasteiger partial charge in [-0.2, -0.15) is 0 Å². The van der Waals surface area contributed by atoms with Crippen LogP contribution >= 0.6 is 0 Å². The number of rotatable bonds is 48. The zero-order valence-corrected chi connectivity index (χ0v) is 48.5. The second kappa shape index (κ2) is 53.3. The molecule has 79 heavy (non-hydrogen) atoms. The number of hydrogen-bond acceptors (Lipinski definition) is 11. The summed E-state index contributed by atoms with van der Waals surface area (Å²) < 4.78 is 28.3. The van der Waals surface area contributed by atoms with Crippen LogP contribution in [0.4, 0.5) is 0 Å². The number of carboxylic acids is 1. The van der Waals surface area contributed by atoms with Crippen molar-refractivity contribution in [3.05, 3.63) is 146 Å². The molecule has 0 radical (unpaired) electrons. The first-order chi connectivity index (χ1) is 38.6. The molecule has 12 heteroatoms. The van der Waals surface area contributed by atoms with Crippen LogP contribution in [0, 0.1) is 0 Å². The van der Waals surface area contributed by atoms with E-state index in [0.717, 1.165) is 135 Å². The van der Waals surface area contributed by atoms with E-state index in [1.54, 1.807) is 0 Å². The Kier molecular flexibility index (Phi) is 48.3. The maximum Gasteiger partial charge on any atom is 0.335 e. The third kappa shape index (κ3) is 43.1. The molecule has 0 aromatic carbocycles. The molecule has 0 bridgehead atoms. The Morgan fingerprint density at radius 3 is 1.27 bits per heavy atom.